The van der Waals surface area contributed by atoms with Gasteiger partial charge in [-0.05, 0) is 22.9 Å². The molecule has 2 aromatic carbocycles. The first kappa shape index (κ1) is 16.4. The van der Waals surface area contributed by atoms with Crippen molar-refractivity contribution >= 4 is 22.3 Å². The molecule has 0 heterocycles. The molecule has 0 aliphatic heterocycles. The SMILES string of the molecule is CC(C)(C)C(=O)c1ccc2cc(C(=O)C(C)(C)C)ccc2c1. The van der Waals surface area contributed by atoms with E-state index in [0.29, 0.717) is 0 Å². The number of carbonyl (C=O) groups is 2. The Morgan fingerprint density at radius 2 is 0.955 bits per heavy atom. The van der Waals surface area contributed by atoms with Gasteiger partial charge in [0.2, 0.25) is 0 Å². The Bertz CT molecular complexity index is 675. The number of hydrogen-bond donors (Lipinski definition) is 0. The van der Waals surface area contributed by atoms with Gasteiger partial charge in [-0.15, -0.1) is 0 Å². The normalized spacial score (nSPS) is 12.5. The van der Waals surface area contributed by atoms with Crippen molar-refractivity contribution in [3.05, 3.63) is 47.5 Å². The quantitative estimate of drug-likeness (QED) is 0.705. The summed E-state index contributed by atoms with van der Waals surface area (Å²) < 4.78 is 0. The predicted molar refractivity (Wildman–Crippen MR) is 91.5 cm³/mol. The molecular weight excluding hydrogens is 272 g/mol. The molecule has 0 aliphatic rings. The molecule has 0 bridgehead atoms. The molecule has 0 fully saturated rings. The standard InChI is InChI=1S/C20H24O2/c1-19(2,3)17(21)15-9-7-14-12-16(10-8-13(14)11-15)18(22)20(4,5)6/h7-12H,1-6H3. The molecule has 0 N–H and O–H groups in total. The van der Waals surface area contributed by atoms with Crippen LogP contribution >= 0.6 is 0 Å². The van der Waals surface area contributed by atoms with Crippen LogP contribution in [0.5, 0.6) is 0 Å². The molecule has 0 radical (unpaired) electrons. The number of fused-ring (bicyclic) bond motifs is 1. The average molecular weight is 296 g/mol. The highest BCUT2D eigenvalue weighted by Gasteiger charge is 2.24. The van der Waals surface area contributed by atoms with E-state index in [4.69, 9.17) is 0 Å². The lowest BCUT2D eigenvalue weighted by Gasteiger charge is -2.18. The van der Waals surface area contributed by atoms with Crippen molar-refractivity contribution in [3.63, 3.8) is 0 Å². The second-order valence-electron chi connectivity index (χ2n) is 7.93. The molecule has 0 atom stereocenters. The van der Waals surface area contributed by atoms with Crippen LogP contribution < -0.4 is 0 Å². The molecule has 0 saturated carbocycles. The summed E-state index contributed by atoms with van der Waals surface area (Å²) in [7, 11) is 0. The molecule has 0 amide bonds. The average Bonchev–Trinajstić information content (AvgIpc) is 2.42. The maximum absolute atomic E-state index is 12.4. The summed E-state index contributed by atoms with van der Waals surface area (Å²) in [4.78, 5) is 24.7. The highest BCUT2D eigenvalue weighted by molar-refractivity contribution is 6.05. The summed E-state index contributed by atoms with van der Waals surface area (Å²) in [6, 6.07) is 11.4. The molecule has 0 aliphatic carbocycles. The van der Waals surface area contributed by atoms with E-state index < -0.39 is 10.8 Å². The maximum Gasteiger partial charge on any atom is 0.168 e. The summed E-state index contributed by atoms with van der Waals surface area (Å²) in [5.74, 6) is 0.258. The third-order valence-electron chi connectivity index (χ3n) is 3.73. The van der Waals surface area contributed by atoms with Crippen LogP contribution in [0.3, 0.4) is 0 Å². The number of carbonyl (C=O) groups excluding carboxylic acids is 2. The summed E-state index contributed by atoms with van der Waals surface area (Å²) in [6.07, 6.45) is 0. The van der Waals surface area contributed by atoms with E-state index >= 15 is 0 Å². The second kappa shape index (κ2) is 5.35. The minimum atomic E-state index is -0.393. The van der Waals surface area contributed by atoms with Crippen LogP contribution in [0.4, 0.5) is 0 Å². The topological polar surface area (TPSA) is 34.1 Å². The molecule has 22 heavy (non-hydrogen) atoms. The molecule has 116 valence electrons. The molecule has 0 spiro atoms. The highest BCUT2D eigenvalue weighted by Crippen LogP contribution is 2.27. The molecule has 2 nitrogen and oxygen atoms in total. The molecule has 2 heteroatoms. The van der Waals surface area contributed by atoms with Crippen molar-refractivity contribution in [2.75, 3.05) is 0 Å². The van der Waals surface area contributed by atoms with E-state index in [-0.39, 0.29) is 11.6 Å². The number of benzene rings is 2. The summed E-state index contributed by atoms with van der Waals surface area (Å²) in [6.45, 7) is 11.5. The van der Waals surface area contributed by atoms with Gasteiger partial charge in [0.1, 0.15) is 0 Å². The van der Waals surface area contributed by atoms with Gasteiger partial charge in [-0.3, -0.25) is 9.59 Å². The van der Waals surface area contributed by atoms with E-state index in [1.165, 1.54) is 0 Å². The Labute approximate surface area is 132 Å². The molecule has 2 rings (SSSR count). The van der Waals surface area contributed by atoms with E-state index in [2.05, 4.69) is 0 Å². The van der Waals surface area contributed by atoms with Gasteiger partial charge in [-0.2, -0.15) is 0 Å². The Kier molecular flexibility index (Phi) is 3.99. The fraction of sp³-hybridized carbons (Fsp3) is 0.400. The summed E-state index contributed by atoms with van der Waals surface area (Å²) in [5.41, 5.74) is 0.649. The summed E-state index contributed by atoms with van der Waals surface area (Å²) in [5, 5.41) is 1.97. The molecule has 0 saturated heterocycles. The fourth-order valence-electron chi connectivity index (χ4n) is 2.39. The molecule has 0 aromatic heterocycles. The van der Waals surface area contributed by atoms with E-state index in [1.54, 1.807) is 0 Å². The maximum atomic E-state index is 12.4. The zero-order valence-corrected chi connectivity index (χ0v) is 14.3. The largest absolute Gasteiger partial charge is 0.294 e. The van der Waals surface area contributed by atoms with Crippen molar-refractivity contribution in [2.24, 2.45) is 10.8 Å². The van der Waals surface area contributed by atoms with Crippen LogP contribution in [-0.2, 0) is 0 Å². The third-order valence-corrected chi connectivity index (χ3v) is 3.73. The van der Waals surface area contributed by atoms with Gasteiger partial charge < -0.3 is 0 Å². The first-order valence-electron chi connectivity index (χ1n) is 7.63. The van der Waals surface area contributed by atoms with Crippen molar-refractivity contribution in [2.45, 2.75) is 41.5 Å². The van der Waals surface area contributed by atoms with E-state index in [0.717, 1.165) is 21.9 Å². The Balaban J connectivity index is 2.46. The molecule has 0 unspecified atom stereocenters. The lowest BCUT2D eigenvalue weighted by Crippen LogP contribution is -2.20. The first-order chi connectivity index (χ1) is 10.00. The number of ketones is 2. The third kappa shape index (κ3) is 3.27. The van der Waals surface area contributed by atoms with Gasteiger partial charge in [0.05, 0.1) is 0 Å². The van der Waals surface area contributed by atoms with Crippen molar-refractivity contribution in [1.82, 2.24) is 0 Å². The molecule has 2 aromatic rings. The Morgan fingerprint density at radius 3 is 1.23 bits per heavy atom. The van der Waals surface area contributed by atoms with Crippen LogP contribution in [-0.4, -0.2) is 11.6 Å². The van der Waals surface area contributed by atoms with Gasteiger partial charge in [0.15, 0.2) is 11.6 Å². The number of hydrogen-bond acceptors (Lipinski definition) is 2. The zero-order chi connectivity index (χ0) is 16.7. The molecular formula is C20H24O2. The van der Waals surface area contributed by atoms with Crippen LogP contribution in [0.15, 0.2) is 36.4 Å². The van der Waals surface area contributed by atoms with Gasteiger partial charge in [0, 0.05) is 22.0 Å². The predicted octanol–water partition coefficient (Wildman–Crippen LogP) is 5.30. The van der Waals surface area contributed by atoms with E-state index in [9.17, 15) is 9.59 Å². The van der Waals surface area contributed by atoms with E-state index in [1.807, 2.05) is 77.9 Å². The van der Waals surface area contributed by atoms with Crippen molar-refractivity contribution < 1.29 is 9.59 Å². The van der Waals surface area contributed by atoms with Gasteiger partial charge in [0.25, 0.3) is 0 Å². The van der Waals surface area contributed by atoms with Crippen LogP contribution in [0.2, 0.25) is 0 Å². The highest BCUT2D eigenvalue weighted by atomic mass is 16.1. The first-order valence-corrected chi connectivity index (χ1v) is 7.63. The fourth-order valence-corrected chi connectivity index (χ4v) is 2.39. The lowest BCUT2D eigenvalue weighted by atomic mass is 9.84. The monoisotopic (exact) mass is 296 g/mol. The van der Waals surface area contributed by atoms with Crippen LogP contribution in [0, 0.1) is 10.8 Å². The number of Topliss-reactive ketones (excluding diaryl/α,β-unsaturated/α-hetero) is 2. The van der Waals surface area contributed by atoms with Gasteiger partial charge in [-0.25, -0.2) is 0 Å². The van der Waals surface area contributed by atoms with Crippen molar-refractivity contribution in [3.8, 4) is 0 Å². The zero-order valence-electron chi connectivity index (χ0n) is 14.3. The Hall–Kier alpha value is -1.96. The summed E-state index contributed by atoms with van der Waals surface area (Å²) >= 11 is 0. The van der Waals surface area contributed by atoms with Crippen molar-refractivity contribution in [1.29, 1.82) is 0 Å². The Morgan fingerprint density at radius 1 is 0.636 bits per heavy atom. The van der Waals surface area contributed by atoms with Crippen LogP contribution in [0.1, 0.15) is 62.3 Å². The minimum absolute atomic E-state index is 0.129. The van der Waals surface area contributed by atoms with Gasteiger partial charge >= 0.3 is 0 Å². The lowest BCUT2D eigenvalue weighted by molar-refractivity contribution is 0.0852. The van der Waals surface area contributed by atoms with Gasteiger partial charge in [-0.1, -0.05) is 65.8 Å². The minimum Gasteiger partial charge on any atom is -0.294 e. The second-order valence-corrected chi connectivity index (χ2v) is 7.93. The number of rotatable bonds is 2. The van der Waals surface area contributed by atoms with Crippen LogP contribution in [0.25, 0.3) is 10.8 Å². The smallest absolute Gasteiger partial charge is 0.168 e.